The first-order chi connectivity index (χ1) is 12.3. The molecule has 0 fully saturated rings. The highest BCUT2D eigenvalue weighted by molar-refractivity contribution is 5.88. The van der Waals surface area contributed by atoms with Crippen LogP contribution in [0.3, 0.4) is 0 Å². The molecule has 1 atom stereocenters. The molecule has 0 aliphatic heterocycles. The summed E-state index contributed by atoms with van der Waals surface area (Å²) in [6.07, 6.45) is 0.984. The zero-order valence-electron chi connectivity index (χ0n) is 15.6. The number of furan rings is 1. The molecule has 0 saturated carbocycles. The Labute approximate surface area is 153 Å². The number of aryl methyl sites for hydroxylation is 1. The number of nitrogens with zero attached hydrogens (tertiary/aromatic N) is 1. The lowest BCUT2D eigenvalue weighted by molar-refractivity contribution is -0.132. The smallest absolute Gasteiger partial charge is 0.339 e. The van der Waals surface area contributed by atoms with Crippen molar-refractivity contribution in [3.63, 3.8) is 0 Å². The van der Waals surface area contributed by atoms with Gasteiger partial charge in [0.1, 0.15) is 22.8 Å². The van der Waals surface area contributed by atoms with Crippen molar-refractivity contribution >= 4 is 11.9 Å². The highest BCUT2D eigenvalue weighted by Gasteiger charge is 2.18. The van der Waals surface area contributed by atoms with Gasteiger partial charge in [0.15, 0.2) is 6.61 Å². The van der Waals surface area contributed by atoms with Crippen molar-refractivity contribution in [3.8, 4) is 5.75 Å². The molecule has 6 nitrogen and oxygen atoms in total. The van der Waals surface area contributed by atoms with Gasteiger partial charge in [-0.25, -0.2) is 4.79 Å². The van der Waals surface area contributed by atoms with Gasteiger partial charge in [-0.1, -0.05) is 32.0 Å². The van der Waals surface area contributed by atoms with E-state index in [0.29, 0.717) is 23.2 Å². The van der Waals surface area contributed by atoms with Gasteiger partial charge in [-0.2, -0.15) is 0 Å². The minimum Gasteiger partial charge on any atom is -0.483 e. The third-order valence-electron chi connectivity index (χ3n) is 4.43. The molecule has 26 heavy (non-hydrogen) atoms. The first kappa shape index (κ1) is 19.6. The van der Waals surface area contributed by atoms with Gasteiger partial charge in [0, 0.05) is 7.05 Å². The van der Waals surface area contributed by atoms with E-state index in [1.165, 1.54) is 11.0 Å². The second-order valence-corrected chi connectivity index (χ2v) is 6.37. The normalized spacial score (nSPS) is 11.8. The molecular weight excluding hydrogens is 334 g/mol. The lowest BCUT2D eigenvalue weighted by atomic mass is 9.98. The highest BCUT2D eigenvalue weighted by Crippen LogP contribution is 2.28. The molecule has 1 amide bonds. The van der Waals surface area contributed by atoms with E-state index in [-0.39, 0.29) is 24.6 Å². The fourth-order valence-corrected chi connectivity index (χ4v) is 2.64. The summed E-state index contributed by atoms with van der Waals surface area (Å²) in [6, 6.07) is 9.16. The molecule has 1 aromatic heterocycles. The number of ether oxygens (including phenoxy) is 1. The van der Waals surface area contributed by atoms with E-state index in [1.807, 2.05) is 24.3 Å². The van der Waals surface area contributed by atoms with E-state index in [1.54, 1.807) is 14.0 Å². The molecule has 2 aromatic rings. The summed E-state index contributed by atoms with van der Waals surface area (Å²) in [5.41, 5.74) is 1.19. The summed E-state index contributed by atoms with van der Waals surface area (Å²) in [7, 11) is 1.63. The van der Waals surface area contributed by atoms with E-state index in [4.69, 9.17) is 14.3 Å². The molecule has 0 saturated heterocycles. The van der Waals surface area contributed by atoms with Crippen LogP contribution >= 0.6 is 0 Å². The minimum absolute atomic E-state index is 0.0879. The predicted molar refractivity (Wildman–Crippen MR) is 97.5 cm³/mol. The van der Waals surface area contributed by atoms with E-state index in [9.17, 15) is 9.59 Å². The van der Waals surface area contributed by atoms with E-state index < -0.39 is 5.97 Å². The van der Waals surface area contributed by atoms with Gasteiger partial charge in [-0.15, -0.1) is 0 Å². The average Bonchev–Trinajstić information content (AvgIpc) is 2.99. The Morgan fingerprint density at radius 1 is 1.31 bits per heavy atom. The van der Waals surface area contributed by atoms with Crippen molar-refractivity contribution in [1.82, 2.24) is 4.90 Å². The summed E-state index contributed by atoms with van der Waals surface area (Å²) >= 11 is 0. The average molecular weight is 359 g/mol. The molecule has 0 bridgehead atoms. The van der Waals surface area contributed by atoms with Crippen LogP contribution in [0.4, 0.5) is 0 Å². The molecule has 140 valence electrons. The number of aromatic carboxylic acids is 1. The number of likely N-dealkylation sites (N-methyl/N-ethyl adjacent to an activating group) is 1. The Balaban J connectivity index is 1.98. The first-order valence-electron chi connectivity index (χ1n) is 8.61. The summed E-state index contributed by atoms with van der Waals surface area (Å²) < 4.78 is 11.1. The van der Waals surface area contributed by atoms with Crippen LogP contribution in [0, 0.1) is 6.92 Å². The van der Waals surface area contributed by atoms with Gasteiger partial charge < -0.3 is 19.2 Å². The maximum atomic E-state index is 12.3. The van der Waals surface area contributed by atoms with Crippen molar-refractivity contribution in [2.45, 2.75) is 39.7 Å². The maximum absolute atomic E-state index is 12.3. The molecule has 1 aromatic carbocycles. The molecule has 0 aliphatic carbocycles. The van der Waals surface area contributed by atoms with Crippen LogP contribution < -0.4 is 4.74 Å². The van der Waals surface area contributed by atoms with Crippen LogP contribution in [-0.2, 0) is 11.3 Å². The number of amides is 1. The third-order valence-corrected chi connectivity index (χ3v) is 4.43. The molecule has 0 aliphatic rings. The Hall–Kier alpha value is -2.76. The number of carbonyl (C=O) groups excluding carboxylic acids is 1. The fourth-order valence-electron chi connectivity index (χ4n) is 2.64. The summed E-state index contributed by atoms with van der Waals surface area (Å²) in [4.78, 5) is 24.9. The van der Waals surface area contributed by atoms with Crippen LogP contribution in [0.5, 0.6) is 5.75 Å². The summed E-state index contributed by atoms with van der Waals surface area (Å²) in [6.45, 7) is 5.91. The van der Waals surface area contributed by atoms with Crippen molar-refractivity contribution in [2.75, 3.05) is 13.7 Å². The lowest BCUT2D eigenvalue weighted by Gasteiger charge is -2.18. The van der Waals surface area contributed by atoms with Gasteiger partial charge in [-0.05, 0) is 37.0 Å². The summed E-state index contributed by atoms with van der Waals surface area (Å²) in [5, 5.41) is 9.06. The molecule has 1 N–H and O–H groups in total. The third kappa shape index (κ3) is 4.65. The van der Waals surface area contributed by atoms with Gasteiger partial charge >= 0.3 is 5.97 Å². The van der Waals surface area contributed by atoms with Gasteiger partial charge in [0.2, 0.25) is 0 Å². The number of carbonyl (C=O) groups is 2. The molecule has 1 heterocycles. The number of carboxylic acids is 1. The lowest BCUT2D eigenvalue weighted by Crippen LogP contribution is -2.31. The van der Waals surface area contributed by atoms with Crippen LogP contribution in [0.1, 0.15) is 53.6 Å². The fraction of sp³-hybridized carbons (Fsp3) is 0.400. The van der Waals surface area contributed by atoms with Crippen molar-refractivity contribution in [1.29, 1.82) is 0 Å². The molecule has 1 unspecified atom stereocenters. The van der Waals surface area contributed by atoms with Gasteiger partial charge in [-0.3, -0.25) is 4.79 Å². The zero-order valence-corrected chi connectivity index (χ0v) is 15.6. The SMILES string of the molecule is CCC(C)c1ccccc1OCC(=O)N(C)Cc1cc(C(=O)O)c(C)o1. The standard InChI is InChI=1S/C20H25NO5/c1-5-13(2)16-8-6-7-9-18(16)25-12-19(22)21(4)11-15-10-17(20(23)24)14(3)26-15/h6-10,13H,5,11-12H2,1-4H3,(H,23,24). The monoisotopic (exact) mass is 359 g/mol. The number of carboxylic acid groups (broad SMARTS) is 1. The number of hydrogen-bond acceptors (Lipinski definition) is 4. The Morgan fingerprint density at radius 2 is 2.00 bits per heavy atom. The summed E-state index contributed by atoms with van der Waals surface area (Å²) in [5.74, 6) is 0.555. The molecule has 2 rings (SSSR count). The predicted octanol–water partition coefficient (Wildman–Crippen LogP) is 3.84. The van der Waals surface area contributed by atoms with Crippen molar-refractivity contribution < 1.29 is 23.8 Å². The highest BCUT2D eigenvalue weighted by atomic mass is 16.5. The molecular formula is C20H25NO5. The second-order valence-electron chi connectivity index (χ2n) is 6.37. The molecule has 0 radical (unpaired) electrons. The zero-order chi connectivity index (χ0) is 19.3. The van der Waals surface area contributed by atoms with Crippen molar-refractivity contribution in [3.05, 3.63) is 53.0 Å². The van der Waals surface area contributed by atoms with E-state index >= 15 is 0 Å². The molecule has 6 heteroatoms. The van der Waals surface area contributed by atoms with Crippen molar-refractivity contribution in [2.24, 2.45) is 0 Å². The largest absolute Gasteiger partial charge is 0.483 e. The Kier molecular flexibility index (Phi) is 6.44. The molecule has 0 spiro atoms. The minimum atomic E-state index is -1.04. The number of rotatable bonds is 8. The number of para-hydroxylation sites is 1. The second kappa shape index (κ2) is 8.56. The van der Waals surface area contributed by atoms with Crippen LogP contribution in [-0.4, -0.2) is 35.5 Å². The van der Waals surface area contributed by atoms with E-state index in [0.717, 1.165) is 12.0 Å². The topological polar surface area (TPSA) is 80.0 Å². The first-order valence-corrected chi connectivity index (χ1v) is 8.61. The van der Waals surface area contributed by atoms with Gasteiger partial charge in [0.05, 0.1) is 6.54 Å². The van der Waals surface area contributed by atoms with Crippen LogP contribution in [0.2, 0.25) is 0 Å². The van der Waals surface area contributed by atoms with Gasteiger partial charge in [0.25, 0.3) is 5.91 Å². The number of benzene rings is 1. The maximum Gasteiger partial charge on any atom is 0.339 e. The quantitative estimate of drug-likeness (QED) is 0.775. The Morgan fingerprint density at radius 3 is 2.62 bits per heavy atom. The number of hydrogen-bond donors (Lipinski definition) is 1. The van der Waals surface area contributed by atoms with Crippen LogP contribution in [0.15, 0.2) is 34.7 Å². The van der Waals surface area contributed by atoms with Crippen LogP contribution in [0.25, 0.3) is 0 Å². The van der Waals surface area contributed by atoms with E-state index in [2.05, 4.69) is 13.8 Å². The Bertz CT molecular complexity index is 780.